The Balaban J connectivity index is 1.86. The Bertz CT molecular complexity index is 528. The number of hydrogen-bond donors (Lipinski definition) is 1. The molecule has 0 bridgehead atoms. The van der Waals surface area contributed by atoms with Crippen LogP contribution in [0.3, 0.4) is 0 Å². The molecule has 0 radical (unpaired) electrons. The van der Waals surface area contributed by atoms with Crippen LogP contribution in [0.2, 0.25) is 0 Å². The van der Waals surface area contributed by atoms with E-state index in [1.54, 1.807) is 0 Å². The first kappa shape index (κ1) is 15.1. The van der Waals surface area contributed by atoms with Crippen LogP contribution in [0, 0.1) is 0 Å². The number of nitrogens with one attached hydrogen (secondary N) is 1. The van der Waals surface area contributed by atoms with Crippen LogP contribution in [-0.4, -0.2) is 24.5 Å². The number of rotatable bonds is 6. The number of hydrogen-bond acceptors (Lipinski definition) is 2. The van der Waals surface area contributed by atoms with Crippen molar-refractivity contribution < 1.29 is 0 Å². The van der Waals surface area contributed by atoms with Crippen LogP contribution in [-0.2, 0) is 6.54 Å². The van der Waals surface area contributed by atoms with Gasteiger partial charge in [-0.25, -0.2) is 0 Å². The van der Waals surface area contributed by atoms with Gasteiger partial charge in [-0.3, -0.25) is 4.90 Å². The Morgan fingerprint density at radius 1 is 1.05 bits per heavy atom. The van der Waals surface area contributed by atoms with Crippen molar-refractivity contribution in [2.45, 2.75) is 19.5 Å². The maximum Gasteiger partial charge on any atom is 0.0340 e. The summed E-state index contributed by atoms with van der Waals surface area (Å²) in [5.74, 6) is 0. The summed E-state index contributed by atoms with van der Waals surface area (Å²) in [6.45, 7) is 4.12. The molecule has 1 N–H and O–H groups in total. The highest BCUT2D eigenvalue weighted by molar-refractivity contribution is 9.10. The number of likely N-dealkylation sites (N-methyl/N-ethyl adjacent to an activating group) is 1. The molecular weight excluding hydrogens is 312 g/mol. The van der Waals surface area contributed by atoms with Gasteiger partial charge in [-0.15, -0.1) is 0 Å². The number of nitrogens with zero attached hydrogens (tertiary/aromatic N) is 1. The normalized spacial score (nSPS) is 12.4. The molecule has 0 spiro atoms. The zero-order valence-electron chi connectivity index (χ0n) is 12.0. The molecular formula is C17H21BrN2. The molecule has 106 valence electrons. The number of para-hydroxylation sites is 1. The molecule has 1 unspecified atom stereocenters. The molecule has 0 aromatic heterocycles. The van der Waals surface area contributed by atoms with Gasteiger partial charge in [-0.2, -0.15) is 0 Å². The van der Waals surface area contributed by atoms with Crippen molar-refractivity contribution in [3.05, 3.63) is 64.6 Å². The van der Waals surface area contributed by atoms with Crippen molar-refractivity contribution in [1.82, 2.24) is 4.90 Å². The first-order valence-electron chi connectivity index (χ1n) is 6.89. The van der Waals surface area contributed by atoms with E-state index in [0.29, 0.717) is 6.04 Å². The minimum absolute atomic E-state index is 0.460. The van der Waals surface area contributed by atoms with Crippen LogP contribution in [0.5, 0.6) is 0 Å². The summed E-state index contributed by atoms with van der Waals surface area (Å²) >= 11 is 3.61. The fourth-order valence-electron chi connectivity index (χ4n) is 2.03. The summed E-state index contributed by atoms with van der Waals surface area (Å²) in [7, 11) is 2.16. The molecule has 0 amide bonds. The molecule has 0 aliphatic rings. The van der Waals surface area contributed by atoms with Gasteiger partial charge in [0.05, 0.1) is 0 Å². The summed E-state index contributed by atoms with van der Waals surface area (Å²) in [5, 5.41) is 3.47. The van der Waals surface area contributed by atoms with Gasteiger partial charge in [0, 0.05) is 29.3 Å². The third kappa shape index (κ3) is 4.36. The zero-order chi connectivity index (χ0) is 14.4. The Labute approximate surface area is 129 Å². The van der Waals surface area contributed by atoms with E-state index in [1.807, 2.05) is 12.1 Å². The van der Waals surface area contributed by atoms with E-state index < -0.39 is 0 Å². The minimum atomic E-state index is 0.460. The zero-order valence-corrected chi connectivity index (χ0v) is 13.6. The van der Waals surface area contributed by atoms with E-state index in [2.05, 4.69) is 82.6 Å². The molecule has 0 saturated heterocycles. The van der Waals surface area contributed by atoms with E-state index in [9.17, 15) is 0 Å². The third-order valence-corrected chi connectivity index (χ3v) is 4.28. The van der Waals surface area contributed by atoms with Crippen LogP contribution in [0.15, 0.2) is 59.1 Å². The predicted octanol–water partition coefficient (Wildman–Crippen LogP) is 4.38. The van der Waals surface area contributed by atoms with Gasteiger partial charge < -0.3 is 5.32 Å². The Morgan fingerprint density at radius 3 is 2.40 bits per heavy atom. The van der Waals surface area contributed by atoms with Gasteiger partial charge in [0.2, 0.25) is 0 Å². The average molecular weight is 333 g/mol. The monoisotopic (exact) mass is 332 g/mol. The van der Waals surface area contributed by atoms with Crippen LogP contribution in [0.1, 0.15) is 12.5 Å². The molecule has 2 aromatic rings. The second-order valence-electron chi connectivity index (χ2n) is 5.10. The van der Waals surface area contributed by atoms with Gasteiger partial charge in [-0.05, 0) is 37.7 Å². The molecule has 2 aromatic carbocycles. The summed E-state index contributed by atoms with van der Waals surface area (Å²) in [5.41, 5.74) is 2.50. The Morgan fingerprint density at radius 2 is 1.70 bits per heavy atom. The first-order valence-corrected chi connectivity index (χ1v) is 7.68. The lowest BCUT2D eigenvalue weighted by Crippen LogP contribution is -2.34. The van der Waals surface area contributed by atoms with E-state index >= 15 is 0 Å². The quantitative estimate of drug-likeness (QED) is 0.844. The second kappa shape index (κ2) is 7.46. The topological polar surface area (TPSA) is 15.3 Å². The Kier molecular flexibility index (Phi) is 5.62. The standard InChI is InChI=1S/C17H21BrN2/c1-14(12-19-16-9-4-3-5-10-16)20(2)13-15-8-6-7-11-17(15)18/h3-11,14,19H,12-13H2,1-2H3. The molecule has 0 aliphatic heterocycles. The average Bonchev–Trinajstić information content (AvgIpc) is 2.48. The molecule has 1 atom stereocenters. The van der Waals surface area contributed by atoms with E-state index in [4.69, 9.17) is 0 Å². The van der Waals surface area contributed by atoms with Gasteiger partial charge >= 0.3 is 0 Å². The molecule has 2 nitrogen and oxygen atoms in total. The highest BCUT2D eigenvalue weighted by atomic mass is 79.9. The number of anilines is 1. The summed E-state index contributed by atoms with van der Waals surface area (Å²) in [4.78, 5) is 2.36. The van der Waals surface area contributed by atoms with Crippen molar-refractivity contribution in [2.24, 2.45) is 0 Å². The smallest absolute Gasteiger partial charge is 0.0340 e. The molecule has 0 saturated carbocycles. The maximum atomic E-state index is 3.61. The number of halogens is 1. The lowest BCUT2D eigenvalue weighted by atomic mass is 10.2. The maximum absolute atomic E-state index is 3.61. The van der Waals surface area contributed by atoms with Gasteiger partial charge in [0.1, 0.15) is 0 Å². The van der Waals surface area contributed by atoms with Crippen molar-refractivity contribution in [1.29, 1.82) is 0 Å². The fourth-order valence-corrected chi connectivity index (χ4v) is 2.44. The first-order chi connectivity index (χ1) is 9.66. The van der Waals surface area contributed by atoms with E-state index in [1.165, 1.54) is 15.7 Å². The lowest BCUT2D eigenvalue weighted by molar-refractivity contribution is 0.258. The molecule has 2 rings (SSSR count). The third-order valence-electron chi connectivity index (χ3n) is 3.51. The summed E-state index contributed by atoms with van der Waals surface area (Å²) in [6.07, 6.45) is 0. The highest BCUT2D eigenvalue weighted by Gasteiger charge is 2.10. The second-order valence-corrected chi connectivity index (χ2v) is 5.96. The van der Waals surface area contributed by atoms with Crippen molar-refractivity contribution >= 4 is 21.6 Å². The Hall–Kier alpha value is -1.32. The minimum Gasteiger partial charge on any atom is -0.383 e. The fraction of sp³-hybridized carbons (Fsp3) is 0.294. The van der Waals surface area contributed by atoms with Crippen molar-refractivity contribution in [3.63, 3.8) is 0 Å². The van der Waals surface area contributed by atoms with Crippen molar-refractivity contribution in [2.75, 3.05) is 18.9 Å². The van der Waals surface area contributed by atoms with Gasteiger partial charge in [-0.1, -0.05) is 52.3 Å². The molecule has 0 aliphatic carbocycles. The molecule has 0 heterocycles. The van der Waals surface area contributed by atoms with E-state index in [0.717, 1.165) is 13.1 Å². The van der Waals surface area contributed by atoms with Gasteiger partial charge in [0.25, 0.3) is 0 Å². The van der Waals surface area contributed by atoms with Crippen LogP contribution >= 0.6 is 15.9 Å². The SMILES string of the molecule is CC(CNc1ccccc1)N(C)Cc1ccccc1Br. The van der Waals surface area contributed by atoms with Crippen LogP contribution < -0.4 is 5.32 Å². The predicted molar refractivity (Wildman–Crippen MR) is 90.0 cm³/mol. The summed E-state index contributed by atoms with van der Waals surface area (Å²) in [6, 6.07) is 19.2. The number of benzene rings is 2. The van der Waals surface area contributed by atoms with Crippen LogP contribution in [0.25, 0.3) is 0 Å². The van der Waals surface area contributed by atoms with Gasteiger partial charge in [0.15, 0.2) is 0 Å². The molecule has 0 fully saturated rings. The van der Waals surface area contributed by atoms with Crippen LogP contribution in [0.4, 0.5) is 5.69 Å². The van der Waals surface area contributed by atoms with Crippen molar-refractivity contribution in [3.8, 4) is 0 Å². The highest BCUT2D eigenvalue weighted by Crippen LogP contribution is 2.18. The lowest BCUT2D eigenvalue weighted by Gasteiger charge is -2.25. The molecule has 3 heteroatoms. The largest absolute Gasteiger partial charge is 0.383 e. The molecule has 20 heavy (non-hydrogen) atoms. The summed E-state index contributed by atoms with van der Waals surface area (Å²) < 4.78 is 1.18. The van der Waals surface area contributed by atoms with E-state index in [-0.39, 0.29) is 0 Å².